The number of aromatic amines is 1. The molecule has 0 unspecified atom stereocenters. The molecule has 1 rings (SSSR count). The maximum Gasteiger partial charge on any atom is 0.182 e. The van der Waals surface area contributed by atoms with E-state index in [4.69, 9.17) is 5.73 Å². The van der Waals surface area contributed by atoms with E-state index in [1.54, 1.807) is 0 Å². The first-order valence-electron chi connectivity index (χ1n) is 2.81. The average molecular weight is 250 g/mol. The summed E-state index contributed by atoms with van der Waals surface area (Å²) in [5.41, 5.74) is 6.09. The van der Waals surface area contributed by atoms with Crippen LogP contribution in [0.15, 0.2) is 16.9 Å². The number of rotatable bonds is 1. The van der Waals surface area contributed by atoms with Crippen LogP contribution in [0.1, 0.15) is 5.69 Å². The molecule has 54 valence electrons. The molecular weight excluding hydrogens is 243 g/mol. The third kappa shape index (κ3) is 1.81. The van der Waals surface area contributed by atoms with Crippen molar-refractivity contribution in [3.63, 3.8) is 0 Å². The Morgan fingerprint density at radius 1 is 1.60 bits per heavy atom. The van der Waals surface area contributed by atoms with Crippen LogP contribution in [0.5, 0.6) is 0 Å². The molecule has 0 aliphatic heterocycles. The Hall–Kier alpha value is -0.360. The minimum Gasteiger partial charge on any atom is -0.353 e. The van der Waals surface area contributed by atoms with Crippen LogP contribution in [-0.2, 0) is 6.54 Å². The van der Waals surface area contributed by atoms with Gasteiger partial charge < -0.3 is 10.7 Å². The van der Waals surface area contributed by atoms with Gasteiger partial charge in [0.15, 0.2) is 5.43 Å². The predicted molar refractivity (Wildman–Crippen MR) is 47.7 cm³/mol. The van der Waals surface area contributed by atoms with E-state index < -0.39 is 0 Å². The van der Waals surface area contributed by atoms with Gasteiger partial charge in [0, 0.05) is 24.4 Å². The van der Waals surface area contributed by atoms with Crippen molar-refractivity contribution in [2.75, 3.05) is 0 Å². The first-order valence-corrected chi connectivity index (χ1v) is 3.89. The van der Waals surface area contributed by atoms with E-state index in [0.29, 0.717) is 6.54 Å². The molecule has 0 aliphatic rings. The van der Waals surface area contributed by atoms with Gasteiger partial charge in [-0.2, -0.15) is 0 Å². The Labute approximate surface area is 71.8 Å². The highest BCUT2D eigenvalue weighted by molar-refractivity contribution is 14.1. The van der Waals surface area contributed by atoms with Gasteiger partial charge in [0.25, 0.3) is 0 Å². The van der Waals surface area contributed by atoms with Crippen LogP contribution in [0.25, 0.3) is 0 Å². The summed E-state index contributed by atoms with van der Waals surface area (Å²) < 4.78 is 0.825. The number of aromatic nitrogens is 1. The molecule has 0 aliphatic carbocycles. The van der Waals surface area contributed by atoms with Gasteiger partial charge in [-0.25, -0.2) is 0 Å². The van der Waals surface area contributed by atoms with Crippen LogP contribution in [-0.4, -0.2) is 4.98 Å². The standard InChI is InChI=1S/C6H7IN2O/c7-6-2-5(10)1-4(3-8)9-6/h1-2H,3,8H2,(H,9,10). The molecule has 1 aromatic rings. The zero-order chi connectivity index (χ0) is 7.56. The molecule has 0 amide bonds. The van der Waals surface area contributed by atoms with Gasteiger partial charge in [0.2, 0.25) is 0 Å². The number of nitrogens with two attached hydrogens (primary N) is 1. The lowest BCUT2D eigenvalue weighted by Gasteiger charge is -1.95. The van der Waals surface area contributed by atoms with E-state index >= 15 is 0 Å². The SMILES string of the molecule is NCc1cc(=O)cc(I)[nH]1. The number of H-pyrrole nitrogens is 1. The summed E-state index contributed by atoms with van der Waals surface area (Å²) in [7, 11) is 0. The van der Waals surface area contributed by atoms with E-state index in [1.807, 2.05) is 22.6 Å². The van der Waals surface area contributed by atoms with E-state index in [0.717, 1.165) is 9.39 Å². The molecule has 0 radical (unpaired) electrons. The molecule has 0 saturated heterocycles. The van der Waals surface area contributed by atoms with Gasteiger partial charge in [-0.1, -0.05) is 0 Å². The molecule has 1 aromatic heterocycles. The Morgan fingerprint density at radius 3 is 2.80 bits per heavy atom. The van der Waals surface area contributed by atoms with Gasteiger partial charge in [0.05, 0.1) is 3.70 Å². The Balaban J connectivity index is 3.19. The van der Waals surface area contributed by atoms with Crippen LogP contribution < -0.4 is 11.2 Å². The Kier molecular flexibility index (Phi) is 2.44. The zero-order valence-corrected chi connectivity index (χ0v) is 7.38. The van der Waals surface area contributed by atoms with E-state index in [-0.39, 0.29) is 5.43 Å². The van der Waals surface area contributed by atoms with E-state index in [9.17, 15) is 4.79 Å². The summed E-state index contributed by atoms with van der Waals surface area (Å²) in [4.78, 5) is 13.7. The third-order valence-electron chi connectivity index (χ3n) is 1.09. The molecule has 0 spiro atoms. The second-order valence-electron chi connectivity index (χ2n) is 1.89. The number of halogens is 1. The lowest BCUT2D eigenvalue weighted by molar-refractivity contribution is 0.973. The van der Waals surface area contributed by atoms with Gasteiger partial charge >= 0.3 is 0 Å². The van der Waals surface area contributed by atoms with Crippen molar-refractivity contribution >= 4 is 22.6 Å². The summed E-state index contributed by atoms with van der Waals surface area (Å²) in [5.74, 6) is 0. The highest BCUT2D eigenvalue weighted by Gasteiger charge is 1.92. The minimum atomic E-state index is 0.00333. The van der Waals surface area contributed by atoms with Crippen LogP contribution in [0.2, 0.25) is 0 Å². The fraction of sp³-hybridized carbons (Fsp3) is 0.167. The molecule has 3 nitrogen and oxygen atoms in total. The lowest BCUT2D eigenvalue weighted by atomic mass is 10.3. The number of hydrogen-bond acceptors (Lipinski definition) is 2. The molecule has 0 fully saturated rings. The van der Waals surface area contributed by atoms with Gasteiger partial charge in [-0.15, -0.1) is 0 Å². The molecule has 3 N–H and O–H groups in total. The van der Waals surface area contributed by atoms with Gasteiger partial charge in [-0.3, -0.25) is 4.79 Å². The maximum atomic E-state index is 10.8. The van der Waals surface area contributed by atoms with Crippen LogP contribution in [0.3, 0.4) is 0 Å². The molecule has 0 bridgehead atoms. The van der Waals surface area contributed by atoms with Crippen molar-refractivity contribution < 1.29 is 0 Å². The largest absolute Gasteiger partial charge is 0.353 e. The summed E-state index contributed by atoms with van der Waals surface area (Å²) in [5, 5.41) is 0. The summed E-state index contributed by atoms with van der Waals surface area (Å²) >= 11 is 2.04. The van der Waals surface area contributed by atoms with Gasteiger partial charge in [0.1, 0.15) is 0 Å². The molecular formula is C6H7IN2O. The van der Waals surface area contributed by atoms with E-state index in [1.165, 1.54) is 12.1 Å². The highest BCUT2D eigenvalue weighted by Crippen LogP contribution is 1.96. The lowest BCUT2D eigenvalue weighted by Crippen LogP contribution is -2.07. The summed E-state index contributed by atoms with van der Waals surface area (Å²) in [6.45, 7) is 0.381. The van der Waals surface area contributed by atoms with E-state index in [2.05, 4.69) is 4.98 Å². The van der Waals surface area contributed by atoms with Crippen molar-refractivity contribution in [1.29, 1.82) is 0 Å². The monoisotopic (exact) mass is 250 g/mol. The molecule has 4 heteroatoms. The van der Waals surface area contributed by atoms with Gasteiger partial charge in [-0.05, 0) is 22.6 Å². The van der Waals surface area contributed by atoms with Crippen molar-refractivity contribution in [2.24, 2.45) is 5.73 Å². The Bertz CT molecular complexity index is 281. The normalized spacial score (nSPS) is 9.80. The highest BCUT2D eigenvalue weighted by atomic mass is 127. The smallest absolute Gasteiger partial charge is 0.182 e. The first kappa shape index (κ1) is 7.74. The molecule has 1 heterocycles. The van der Waals surface area contributed by atoms with Crippen LogP contribution in [0, 0.1) is 3.70 Å². The molecule has 10 heavy (non-hydrogen) atoms. The number of pyridine rings is 1. The second-order valence-corrected chi connectivity index (χ2v) is 3.06. The number of nitrogens with one attached hydrogen (secondary N) is 1. The summed E-state index contributed by atoms with van der Waals surface area (Å²) in [6.07, 6.45) is 0. The first-order chi connectivity index (χ1) is 4.72. The van der Waals surface area contributed by atoms with Crippen LogP contribution in [0.4, 0.5) is 0 Å². The fourth-order valence-corrected chi connectivity index (χ4v) is 1.33. The summed E-state index contributed by atoms with van der Waals surface area (Å²) in [6, 6.07) is 3.03. The minimum absolute atomic E-state index is 0.00333. The molecule has 0 aromatic carbocycles. The fourth-order valence-electron chi connectivity index (χ4n) is 0.674. The topological polar surface area (TPSA) is 58.9 Å². The Morgan fingerprint density at radius 2 is 2.30 bits per heavy atom. The third-order valence-corrected chi connectivity index (χ3v) is 1.67. The second kappa shape index (κ2) is 3.16. The van der Waals surface area contributed by atoms with Crippen LogP contribution >= 0.6 is 22.6 Å². The van der Waals surface area contributed by atoms with Crippen molar-refractivity contribution in [3.05, 3.63) is 31.8 Å². The maximum absolute atomic E-state index is 10.8. The molecule has 0 atom stereocenters. The quantitative estimate of drug-likeness (QED) is 0.561. The predicted octanol–water partition coefficient (Wildman–Crippen LogP) is 0.438. The average Bonchev–Trinajstić information content (AvgIpc) is 1.85. The zero-order valence-electron chi connectivity index (χ0n) is 5.23. The molecule has 0 saturated carbocycles. The van der Waals surface area contributed by atoms with Crippen molar-refractivity contribution in [3.8, 4) is 0 Å². The van der Waals surface area contributed by atoms with Crippen molar-refractivity contribution in [2.45, 2.75) is 6.54 Å². The van der Waals surface area contributed by atoms with Crippen molar-refractivity contribution in [1.82, 2.24) is 4.98 Å². The number of hydrogen-bond donors (Lipinski definition) is 2.